The monoisotopic (exact) mass is 193 g/mol. The summed E-state index contributed by atoms with van der Waals surface area (Å²) >= 11 is 0. The van der Waals surface area contributed by atoms with Crippen LogP contribution in [-0.2, 0) is 4.79 Å². The van der Waals surface area contributed by atoms with E-state index in [2.05, 4.69) is 11.9 Å². The third-order valence-corrected chi connectivity index (χ3v) is 1.77. The van der Waals surface area contributed by atoms with Crippen molar-refractivity contribution in [2.75, 3.05) is 0 Å². The first-order chi connectivity index (χ1) is 6.61. The van der Waals surface area contributed by atoms with Crippen LogP contribution in [0, 0.1) is 5.92 Å². The molecule has 0 aliphatic heterocycles. The molecule has 0 atom stereocenters. The van der Waals surface area contributed by atoms with E-state index in [0.29, 0.717) is 0 Å². The quantitative estimate of drug-likeness (QED) is 0.498. The molecule has 0 aromatic carbocycles. The molecule has 0 saturated carbocycles. The second kappa shape index (κ2) is 7.25. The van der Waals surface area contributed by atoms with Gasteiger partial charge in [-0.1, -0.05) is 32.9 Å². The number of rotatable bonds is 4. The van der Waals surface area contributed by atoms with Crippen molar-refractivity contribution in [1.82, 2.24) is 0 Å². The smallest absolute Gasteiger partial charge is 0.248 e. The van der Waals surface area contributed by atoms with Gasteiger partial charge in [-0.25, -0.2) is 4.99 Å². The third-order valence-electron chi connectivity index (χ3n) is 1.77. The lowest BCUT2D eigenvalue weighted by molar-refractivity contribution is -0.120. The Bertz CT molecular complexity index is 259. The van der Waals surface area contributed by atoms with Crippen LogP contribution in [0.5, 0.6) is 0 Å². The Labute approximate surface area is 86.4 Å². The van der Waals surface area contributed by atoms with Gasteiger partial charge < -0.3 is 0 Å². The molecule has 0 bridgehead atoms. The molecule has 0 aliphatic rings. The summed E-state index contributed by atoms with van der Waals surface area (Å²) in [5.41, 5.74) is 1.17. The van der Waals surface area contributed by atoms with Gasteiger partial charge in [-0.15, -0.1) is 0 Å². The van der Waals surface area contributed by atoms with Crippen LogP contribution in [0.3, 0.4) is 0 Å². The molecular weight excluding hydrogens is 174 g/mol. The van der Waals surface area contributed by atoms with Gasteiger partial charge in [0.15, 0.2) is 0 Å². The van der Waals surface area contributed by atoms with Crippen molar-refractivity contribution in [2.24, 2.45) is 10.9 Å². The SMILES string of the molecule is C/C=C\C(=C/C=NC(=O)C(C)C)CC. The zero-order valence-electron chi connectivity index (χ0n) is 9.45. The molecule has 78 valence electrons. The highest BCUT2D eigenvalue weighted by atomic mass is 16.1. The summed E-state index contributed by atoms with van der Waals surface area (Å²) < 4.78 is 0. The van der Waals surface area contributed by atoms with E-state index in [1.807, 2.05) is 39.0 Å². The van der Waals surface area contributed by atoms with Crippen molar-refractivity contribution in [1.29, 1.82) is 0 Å². The average Bonchev–Trinajstić information content (AvgIpc) is 2.16. The van der Waals surface area contributed by atoms with Crippen LogP contribution in [0.1, 0.15) is 34.1 Å². The maximum atomic E-state index is 11.1. The van der Waals surface area contributed by atoms with Gasteiger partial charge in [0.2, 0.25) is 5.91 Å². The Balaban J connectivity index is 4.31. The molecule has 0 spiro atoms. The van der Waals surface area contributed by atoms with Crippen molar-refractivity contribution in [3.63, 3.8) is 0 Å². The van der Waals surface area contributed by atoms with Gasteiger partial charge in [0.1, 0.15) is 0 Å². The molecule has 0 radical (unpaired) electrons. The number of hydrogen-bond donors (Lipinski definition) is 0. The molecule has 0 aromatic rings. The van der Waals surface area contributed by atoms with Gasteiger partial charge in [0.25, 0.3) is 0 Å². The normalized spacial score (nSPS) is 13.4. The molecule has 0 heterocycles. The first-order valence-electron chi connectivity index (χ1n) is 5.01. The molecule has 14 heavy (non-hydrogen) atoms. The van der Waals surface area contributed by atoms with Crippen molar-refractivity contribution < 1.29 is 4.79 Å². The largest absolute Gasteiger partial charge is 0.272 e. The van der Waals surface area contributed by atoms with E-state index in [1.54, 1.807) is 6.21 Å². The Hall–Kier alpha value is -1.18. The fourth-order valence-electron chi connectivity index (χ4n) is 0.861. The minimum absolute atomic E-state index is 0.0218. The summed E-state index contributed by atoms with van der Waals surface area (Å²) in [6, 6.07) is 0. The van der Waals surface area contributed by atoms with E-state index < -0.39 is 0 Å². The standard InChI is InChI=1S/C12H19NO/c1-5-7-11(6-2)8-9-13-12(14)10(3)4/h5,7-10H,6H2,1-4H3/b7-5-,11-8-,13-9?. The lowest BCUT2D eigenvalue weighted by atomic mass is 10.2. The number of amides is 1. The second-order valence-corrected chi connectivity index (χ2v) is 3.37. The van der Waals surface area contributed by atoms with E-state index in [-0.39, 0.29) is 11.8 Å². The maximum absolute atomic E-state index is 11.1. The number of hydrogen-bond acceptors (Lipinski definition) is 1. The molecule has 0 fully saturated rings. The molecule has 0 aliphatic carbocycles. The highest BCUT2D eigenvalue weighted by Crippen LogP contribution is 2.01. The zero-order chi connectivity index (χ0) is 11.0. The van der Waals surface area contributed by atoms with E-state index in [0.717, 1.165) is 6.42 Å². The fraction of sp³-hybridized carbons (Fsp3) is 0.500. The summed E-state index contributed by atoms with van der Waals surface area (Å²) in [4.78, 5) is 14.9. The summed E-state index contributed by atoms with van der Waals surface area (Å²) in [5.74, 6) is -0.0939. The van der Waals surface area contributed by atoms with Crippen LogP contribution < -0.4 is 0 Å². The summed E-state index contributed by atoms with van der Waals surface area (Å²) in [6.45, 7) is 7.73. The van der Waals surface area contributed by atoms with Gasteiger partial charge in [-0.2, -0.15) is 0 Å². The fourth-order valence-corrected chi connectivity index (χ4v) is 0.861. The van der Waals surface area contributed by atoms with Crippen LogP contribution in [-0.4, -0.2) is 12.1 Å². The van der Waals surface area contributed by atoms with Gasteiger partial charge >= 0.3 is 0 Å². The van der Waals surface area contributed by atoms with Crippen LogP contribution in [0.2, 0.25) is 0 Å². The lowest BCUT2D eigenvalue weighted by Crippen LogP contribution is -2.02. The Morgan fingerprint density at radius 2 is 2.07 bits per heavy atom. The number of aliphatic imine (C=N–C) groups is 1. The van der Waals surface area contributed by atoms with Crippen molar-refractivity contribution in [3.8, 4) is 0 Å². The Kier molecular flexibility index (Phi) is 6.63. The molecule has 0 unspecified atom stereocenters. The summed E-state index contributed by atoms with van der Waals surface area (Å²) in [7, 11) is 0. The van der Waals surface area contributed by atoms with E-state index in [1.165, 1.54) is 5.57 Å². The molecule has 0 aromatic heterocycles. The summed E-state index contributed by atoms with van der Waals surface area (Å²) in [5, 5.41) is 0. The number of carbonyl (C=O) groups excluding carboxylic acids is 1. The highest BCUT2D eigenvalue weighted by molar-refractivity contribution is 5.90. The van der Waals surface area contributed by atoms with Crippen LogP contribution >= 0.6 is 0 Å². The van der Waals surface area contributed by atoms with Gasteiger partial charge in [-0.3, -0.25) is 4.79 Å². The minimum atomic E-state index is -0.0721. The van der Waals surface area contributed by atoms with Gasteiger partial charge in [0.05, 0.1) is 0 Å². The summed E-state index contributed by atoms with van der Waals surface area (Å²) in [6.07, 6.45) is 8.41. The molecular formula is C12H19NO. The number of allylic oxidation sites excluding steroid dienone is 4. The van der Waals surface area contributed by atoms with Crippen LogP contribution in [0.15, 0.2) is 28.8 Å². The van der Waals surface area contributed by atoms with E-state index in [4.69, 9.17) is 0 Å². The van der Waals surface area contributed by atoms with Crippen molar-refractivity contribution in [2.45, 2.75) is 34.1 Å². The predicted octanol–water partition coefficient (Wildman–Crippen LogP) is 3.15. The Morgan fingerprint density at radius 1 is 1.43 bits per heavy atom. The van der Waals surface area contributed by atoms with Crippen LogP contribution in [0.25, 0.3) is 0 Å². The average molecular weight is 193 g/mol. The first-order valence-corrected chi connectivity index (χ1v) is 5.01. The van der Waals surface area contributed by atoms with E-state index >= 15 is 0 Å². The minimum Gasteiger partial charge on any atom is -0.272 e. The molecule has 0 saturated heterocycles. The van der Waals surface area contributed by atoms with Gasteiger partial charge in [-0.05, 0) is 25.0 Å². The Morgan fingerprint density at radius 3 is 2.50 bits per heavy atom. The van der Waals surface area contributed by atoms with Crippen molar-refractivity contribution >= 4 is 12.1 Å². The number of nitrogens with zero attached hydrogens (tertiary/aromatic N) is 1. The second-order valence-electron chi connectivity index (χ2n) is 3.37. The van der Waals surface area contributed by atoms with Crippen LogP contribution in [0.4, 0.5) is 0 Å². The molecule has 2 heteroatoms. The number of carbonyl (C=O) groups is 1. The predicted molar refractivity (Wildman–Crippen MR) is 61.5 cm³/mol. The molecule has 0 N–H and O–H groups in total. The lowest BCUT2D eigenvalue weighted by Gasteiger charge is -1.95. The molecule has 2 nitrogen and oxygen atoms in total. The van der Waals surface area contributed by atoms with Gasteiger partial charge in [0, 0.05) is 12.1 Å². The van der Waals surface area contributed by atoms with Crippen molar-refractivity contribution in [3.05, 3.63) is 23.8 Å². The zero-order valence-corrected chi connectivity index (χ0v) is 9.45. The maximum Gasteiger partial charge on any atom is 0.248 e. The topological polar surface area (TPSA) is 29.4 Å². The third kappa shape index (κ3) is 5.46. The molecule has 1 amide bonds. The molecule has 0 rings (SSSR count). The first kappa shape index (κ1) is 12.8. The highest BCUT2D eigenvalue weighted by Gasteiger charge is 2.01. The van der Waals surface area contributed by atoms with E-state index in [9.17, 15) is 4.79 Å².